The molecule has 1 aromatic heterocycles. The second-order valence-corrected chi connectivity index (χ2v) is 5.14. The second kappa shape index (κ2) is 6.52. The molecule has 5 heteroatoms. The highest BCUT2D eigenvalue weighted by atomic mass is 16.1. The van der Waals surface area contributed by atoms with Gasteiger partial charge in [0.05, 0.1) is 5.56 Å². The van der Waals surface area contributed by atoms with Crippen LogP contribution in [0, 0.1) is 5.92 Å². The third-order valence-electron chi connectivity index (χ3n) is 3.95. The topological polar surface area (TPSA) is 80.0 Å². The van der Waals surface area contributed by atoms with E-state index in [0.29, 0.717) is 11.4 Å². The molecule has 0 spiro atoms. The average molecular weight is 262 g/mol. The SMILES string of the molecule is CCC1CCC(NC(=O)c2cccnc2NN)CC1. The van der Waals surface area contributed by atoms with Gasteiger partial charge in [0.1, 0.15) is 0 Å². The zero-order valence-corrected chi connectivity index (χ0v) is 11.4. The first-order valence-electron chi connectivity index (χ1n) is 6.97. The number of carbonyl (C=O) groups excluding carboxylic acids is 1. The van der Waals surface area contributed by atoms with E-state index in [1.807, 2.05) is 0 Å². The van der Waals surface area contributed by atoms with E-state index in [1.54, 1.807) is 18.3 Å². The molecule has 104 valence electrons. The lowest BCUT2D eigenvalue weighted by atomic mass is 9.84. The largest absolute Gasteiger partial charge is 0.349 e. The molecule has 1 saturated carbocycles. The van der Waals surface area contributed by atoms with E-state index >= 15 is 0 Å². The van der Waals surface area contributed by atoms with Gasteiger partial charge in [-0.05, 0) is 43.7 Å². The van der Waals surface area contributed by atoms with E-state index in [4.69, 9.17) is 5.84 Å². The van der Waals surface area contributed by atoms with Gasteiger partial charge in [0.15, 0.2) is 5.82 Å². The summed E-state index contributed by atoms with van der Waals surface area (Å²) in [6.07, 6.45) is 7.39. The number of nitrogens with zero attached hydrogens (tertiary/aromatic N) is 1. The molecule has 1 aliphatic rings. The van der Waals surface area contributed by atoms with Gasteiger partial charge < -0.3 is 10.7 Å². The molecular weight excluding hydrogens is 240 g/mol. The van der Waals surface area contributed by atoms with Crippen LogP contribution in [-0.2, 0) is 0 Å². The van der Waals surface area contributed by atoms with Crippen molar-refractivity contribution >= 4 is 11.7 Å². The van der Waals surface area contributed by atoms with Crippen molar-refractivity contribution in [1.82, 2.24) is 10.3 Å². The summed E-state index contributed by atoms with van der Waals surface area (Å²) in [5.41, 5.74) is 2.96. The quantitative estimate of drug-likeness (QED) is 0.573. The highest BCUT2D eigenvalue weighted by Gasteiger charge is 2.22. The van der Waals surface area contributed by atoms with Crippen molar-refractivity contribution < 1.29 is 4.79 Å². The standard InChI is InChI=1S/C14H22N4O/c1-2-10-5-7-11(8-6-10)17-14(19)12-4-3-9-16-13(12)18-15/h3-4,9-11H,2,5-8,15H2,1H3,(H,16,18)(H,17,19). The van der Waals surface area contributed by atoms with Crippen LogP contribution >= 0.6 is 0 Å². The Bertz CT molecular complexity index is 427. The molecule has 0 unspecified atom stereocenters. The smallest absolute Gasteiger partial charge is 0.255 e. The lowest BCUT2D eigenvalue weighted by Crippen LogP contribution is -2.38. The van der Waals surface area contributed by atoms with Crippen LogP contribution in [0.2, 0.25) is 0 Å². The summed E-state index contributed by atoms with van der Waals surface area (Å²) in [6, 6.07) is 3.75. The number of nitrogens with two attached hydrogens (primary N) is 1. The van der Waals surface area contributed by atoms with Gasteiger partial charge in [0.2, 0.25) is 0 Å². The van der Waals surface area contributed by atoms with Gasteiger partial charge in [-0.1, -0.05) is 13.3 Å². The number of hydrogen-bond acceptors (Lipinski definition) is 4. The Hall–Kier alpha value is -1.62. The molecular formula is C14H22N4O. The maximum absolute atomic E-state index is 12.2. The minimum absolute atomic E-state index is 0.0963. The Morgan fingerprint density at radius 1 is 1.42 bits per heavy atom. The average Bonchev–Trinajstić information content (AvgIpc) is 2.48. The maximum Gasteiger partial charge on any atom is 0.255 e. The fourth-order valence-corrected chi connectivity index (χ4v) is 2.68. The van der Waals surface area contributed by atoms with Gasteiger partial charge in [0, 0.05) is 12.2 Å². The summed E-state index contributed by atoms with van der Waals surface area (Å²) in [7, 11) is 0. The molecule has 0 atom stereocenters. The predicted molar refractivity (Wildman–Crippen MR) is 75.6 cm³/mol. The summed E-state index contributed by atoms with van der Waals surface area (Å²) in [5.74, 6) is 6.51. The number of anilines is 1. The van der Waals surface area contributed by atoms with Crippen molar-refractivity contribution in [3.8, 4) is 0 Å². The summed E-state index contributed by atoms with van der Waals surface area (Å²) < 4.78 is 0. The number of hydrogen-bond donors (Lipinski definition) is 3. The number of carbonyl (C=O) groups is 1. The molecule has 0 radical (unpaired) electrons. The normalized spacial score (nSPS) is 22.8. The molecule has 1 amide bonds. The van der Waals surface area contributed by atoms with Crippen LogP contribution in [0.5, 0.6) is 0 Å². The van der Waals surface area contributed by atoms with E-state index in [0.717, 1.165) is 18.8 Å². The monoisotopic (exact) mass is 262 g/mol. The lowest BCUT2D eigenvalue weighted by Gasteiger charge is -2.28. The number of nitrogen functional groups attached to an aromatic ring is 1. The van der Waals surface area contributed by atoms with Crippen molar-refractivity contribution in [2.45, 2.75) is 45.1 Å². The van der Waals surface area contributed by atoms with Gasteiger partial charge in [-0.3, -0.25) is 4.79 Å². The minimum atomic E-state index is -0.0963. The number of amides is 1. The first-order valence-corrected chi connectivity index (χ1v) is 6.97. The Morgan fingerprint density at radius 2 is 2.16 bits per heavy atom. The Balaban J connectivity index is 1.94. The van der Waals surface area contributed by atoms with E-state index in [2.05, 4.69) is 22.7 Å². The van der Waals surface area contributed by atoms with Crippen LogP contribution in [0.1, 0.15) is 49.4 Å². The first-order chi connectivity index (χ1) is 9.24. The molecule has 0 aliphatic heterocycles. The summed E-state index contributed by atoms with van der Waals surface area (Å²) in [5, 5.41) is 3.08. The van der Waals surface area contributed by atoms with Crippen molar-refractivity contribution in [3.05, 3.63) is 23.9 Å². The fourth-order valence-electron chi connectivity index (χ4n) is 2.68. The highest BCUT2D eigenvalue weighted by molar-refractivity contribution is 5.98. The molecule has 1 fully saturated rings. The van der Waals surface area contributed by atoms with E-state index < -0.39 is 0 Å². The van der Waals surface area contributed by atoms with Gasteiger partial charge in [-0.25, -0.2) is 10.8 Å². The second-order valence-electron chi connectivity index (χ2n) is 5.14. The molecule has 1 aromatic rings. The van der Waals surface area contributed by atoms with Gasteiger partial charge in [-0.2, -0.15) is 0 Å². The fraction of sp³-hybridized carbons (Fsp3) is 0.571. The van der Waals surface area contributed by atoms with Crippen LogP contribution in [0.4, 0.5) is 5.82 Å². The van der Waals surface area contributed by atoms with Crippen LogP contribution in [-0.4, -0.2) is 16.9 Å². The van der Waals surface area contributed by atoms with Gasteiger partial charge in [-0.15, -0.1) is 0 Å². The zero-order chi connectivity index (χ0) is 13.7. The molecule has 1 heterocycles. The lowest BCUT2D eigenvalue weighted by molar-refractivity contribution is 0.0922. The summed E-state index contributed by atoms with van der Waals surface area (Å²) in [6.45, 7) is 2.23. The highest BCUT2D eigenvalue weighted by Crippen LogP contribution is 2.26. The molecule has 19 heavy (non-hydrogen) atoms. The van der Waals surface area contributed by atoms with Crippen molar-refractivity contribution in [1.29, 1.82) is 0 Å². The zero-order valence-electron chi connectivity index (χ0n) is 11.4. The van der Waals surface area contributed by atoms with E-state index in [9.17, 15) is 4.79 Å². The number of aromatic nitrogens is 1. The molecule has 0 bridgehead atoms. The minimum Gasteiger partial charge on any atom is -0.349 e. The van der Waals surface area contributed by atoms with Crippen LogP contribution < -0.4 is 16.6 Å². The van der Waals surface area contributed by atoms with Gasteiger partial charge in [0.25, 0.3) is 5.91 Å². The van der Waals surface area contributed by atoms with Crippen molar-refractivity contribution in [3.63, 3.8) is 0 Å². The number of nitrogens with one attached hydrogen (secondary N) is 2. The van der Waals surface area contributed by atoms with Crippen molar-refractivity contribution in [2.75, 3.05) is 5.43 Å². The van der Waals surface area contributed by atoms with Crippen LogP contribution in [0.15, 0.2) is 18.3 Å². The summed E-state index contributed by atoms with van der Waals surface area (Å²) in [4.78, 5) is 16.2. The Labute approximate surface area is 114 Å². The predicted octanol–water partition coefficient (Wildman–Crippen LogP) is 2.07. The van der Waals surface area contributed by atoms with E-state index in [-0.39, 0.29) is 11.9 Å². The van der Waals surface area contributed by atoms with Gasteiger partial charge >= 0.3 is 0 Å². The molecule has 0 saturated heterocycles. The Kier molecular flexibility index (Phi) is 4.74. The molecule has 1 aliphatic carbocycles. The number of hydrazine groups is 1. The van der Waals surface area contributed by atoms with E-state index in [1.165, 1.54) is 19.3 Å². The molecule has 2 rings (SSSR count). The number of rotatable bonds is 4. The van der Waals surface area contributed by atoms with Crippen LogP contribution in [0.25, 0.3) is 0 Å². The van der Waals surface area contributed by atoms with Crippen molar-refractivity contribution in [2.24, 2.45) is 11.8 Å². The first kappa shape index (κ1) is 13.8. The molecule has 5 nitrogen and oxygen atoms in total. The molecule has 4 N–H and O–H groups in total. The maximum atomic E-state index is 12.2. The third-order valence-corrected chi connectivity index (χ3v) is 3.95. The number of pyridine rings is 1. The van der Waals surface area contributed by atoms with Crippen LogP contribution in [0.3, 0.4) is 0 Å². The Morgan fingerprint density at radius 3 is 2.79 bits per heavy atom. The third kappa shape index (κ3) is 3.44. The summed E-state index contributed by atoms with van der Waals surface area (Å²) >= 11 is 0. The molecule has 0 aromatic carbocycles.